The van der Waals surface area contributed by atoms with Gasteiger partial charge in [0.2, 0.25) is 0 Å². The predicted molar refractivity (Wildman–Crippen MR) is 110 cm³/mol. The molecule has 0 unspecified atom stereocenters. The molecule has 9 nitrogen and oxygen atoms in total. The number of carbonyl (C=O) groups excluding carboxylic acids is 2. The molecule has 0 spiro atoms. The van der Waals surface area contributed by atoms with Crippen LogP contribution in [0, 0.1) is 0 Å². The number of amides is 1. The van der Waals surface area contributed by atoms with Gasteiger partial charge in [-0.1, -0.05) is 39.0 Å². The summed E-state index contributed by atoms with van der Waals surface area (Å²) in [5.74, 6) is -0.722. The van der Waals surface area contributed by atoms with Gasteiger partial charge in [-0.25, -0.2) is 4.79 Å². The van der Waals surface area contributed by atoms with Gasteiger partial charge < -0.3 is 29.0 Å². The Morgan fingerprint density at radius 1 is 1.06 bits per heavy atom. The maximum absolute atomic E-state index is 12.6. The van der Waals surface area contributed by atoms with Gasteiger partial charge in [0.15, 0.2) is 6.10 Å². The quantitative estimate of drug-likeness (QED) is 0.416. The topological polar surface area (TPSA) is 105 Å². The van der Waals surface area contributed by atoms with Crippen LogP contribution in [0.3, 0.4) is 0 Å². The van der Waals surface area contributed by atoms with Crippen LogP contribution in [0.4, 0.5) is 0 Å². The highest BCUT2D eigenvalue weighted by Crippen LogP contribution is 2.26. The molecule has 2 fully saturated rings. The Kier molecular flexibility index (Phi) is 9.67. The number of esters is 1. The van der Waals surface area contributed by atoms with Crippen LogP contribution in [-0.2, 0) is 28.5 Å². The average molecular weight is 437 g/mol. The van der Waals surface area contributed by atoms with Gasteiger partial charge in [-0.15, -0.1) is 0 Å². The Bertz CT molecular complexity index is 688. The zero-order valence-electron chi connectivity index (χ0n) is 18.0. The van der Waals surface area contributed by atoms with E-state index in [1.807, 2.05) is 0 Å². The summed E-state index contributed by atoms with van der Waals surface area (Å²) >= 11 is 0. The van der Waals surface area contributed by atoms with Crippen LogP contribution in [0.2, 0.25) is 0 Å². The van der Waals surface area contributed by atoms with Gasteiger partial charge in [-0.2, -0.15) is 0 Å². The molecule has 2 saturated heterocycles. The van der Waals surface area contributed by atoms with E-state index >= 15 is 0 Å². The van der Waals surface area contributed by atoms with Crippen LogP contribution in [0.5, 0.6) is 0 Å². The third-order valence-electron chi connectivity index (χ3n) is 5.40. The van der Waals surface area contributed by atoms with Gasteiger partial charge in [-0.05, 0) is 18.6 Å². The number of nitrogens with zero attached hydrogens (tertiary/aromatic N) is 1. The van der Waals surface area contributed by atoms with Gasteiger partial charge in [0.05, 0.1) is 5.56 Å². The fourth-order valence-electron chi connectivity index (χ4n) is 3.66. The number of hydrogen-bond acceptors (Lipinski definition) is 8. The minimum Gasteiger partial charge on any atom is -0.459 e. The Morgan fingerprint density at radius 3 is 2.65 bits per heavy atom. The monoisotopic (exact) mass is 436 g/mol. The molecule has 2 aliphatic rings. The summed E-state index contributed by atoms with van der Waals surface area (Å²) in [6.45, 7) is 2.67. The van der Waals surface area contributed by atoms with Crippen molar-refractivity contribution in [3.8, 4) is 0 Å². The lowest BCUT2D eigenvalue weighted by molar-refractivity contribution is -0.319. The van der Waals surface area contributed by atoms with Crippen LogP contribution in [0.1, 0.15) is 55.8 Å². The molecule has 0 bridgehead atoms. The van der Waals surface area contributed by atoms with Crippen LogP contribution in [0.15, 0.2) is 24.5 Å². The molecule has 3 heterocycles. The van der Waals surface area contributed by atoms with Crippen molar-refractivity contribution in [2.45, 2.75) is 69.9 Å². The van der Waals surface area contributed by atoms with E-state index in [4.69, 9.17) is 23.7 Å². The van der Waals surface area contributed by atoms with Crippen molar-refractivity contribution in [3.05, 3.63) is 30.1 Å². The summed E-state index contributed by atoms with van der Waals surface area (Å²) in [5.41, 5.74) is 0.353. The van der Waals surface area contributed by atoms with Crippen molar-refractivity contribution in [2.75, 3.05) is 26.7 Å². The SMILES string of the molecule is CCCCCCCCNC(=O)[C@@H]1OCO[C@H]2[C@@H]1OCO[C@@H]2COC(=O)c1cccnc1. The zero-order chi connectivity index (χ0) is 21.9. The molecule has 172 valence electrons. The highest BCUT2D eigenvalue weighted by Gasteiger charge is 2.47. The maximum atomic E-state index is 12.6. The number of hydrogen-bond donors (Lipinski definition) is 1. The Labute approximate surface area is 182 Å². The molecule has 31 heavy (non-hydrogen) atoms. The number of unbranched alkanes of at least 4 members (excludes halogenated alkanes) is 5. The minimum absolute atomic E-state index is 0.0235. The van der Waals surface area contributed by atoms with E-state index in [1.165, 1.54) is 31.9 Å². The van der Waals surface area contributed by atoms with Crippen LogP contribution >= 0.6 is 0 Å². The third-order valence-corrected chi connectivity index (χ3v) is 5.40. The van der Waals surface area contributed by atoms with E-state index in [-0.39, 0.29) is 26.1 Å². The van der Waals surface area contributed by atoms with E-state index < -0.39 is 30.4 Å². The highest BCUT2D eigenvalue weighted by atomic mass is 16.8. The van der Waals surface area contributed by atoms with Crippen molar-refractivity contribution in [1.29, 1.82) is 0 Å². The van der Waals surface area contributed by atoms with Crippen molar-refractivity contribution in [3.63, 3.8) is 0 Å². The standard InChI is InChI=1S/C22H32N2O7/c1-2-3-4-5-6-7-11-24-21(25)20-19-18(29-15-31-20)17(28-14-30-19)13-27-22(26)16-9-8-10-23-12-16/h8-10,12,17-20H,2-7,11,13-15H2,1H3,(H,24,25)/t17-,18-,19+,20-/m1/s1. The maximum Gasteiger partial charge on any atom is 0.339 e. The number of ether oxygens (including phenoxy) is 5. The second kappa shape index (κ2) is 12.7. The molecule has 0 radical (unpaired) electrons. The summed E-state index contributed by atoms with van der Waals surface area (Å²) < 4.78 is 27.7. The van der Waals surface area contributed by atoms with Crippen molar-refractivity contribution in [2.24, 2.45) is 0 Å². The molecular weight excluding hydrogens is 404 g/mol. The van der Waals surface area contributed by atoms with Gasteiger partial charge in [0, 0.05) is 18.9 Å². The number of carbonyl (C=O) groups is 2. The lowest BCUT2D eigenvalue weighted by Crippen LogP contribution is -2.61. The zero-order valence-corrected chi connectivity index (χ0v) is 18.0. The fourth-order valence-corrected chi connectivity index (χ4v) is 3.66. The summed E-state index contributed by atoms with van der Waals surface area (Å²) in [7, 11) is 0. The fraction of sp³-hybridized carbons (Fsp3) is 0.682. The largest absolute Gasteiger partial charge is 0.459 e. The lowest BCUT2D eigenvalue weighted by atomic mass is 10.00. The molecule has 9 heteroatoms. The Balaban J connectivity index is 1.45. The molecule has 1 N–H and O–H groups in total. The molecule has 2 aliphatic heterocycles. The van der Waals surface area contributed by atoms with Crippen molar-refractivity contribution < 1.29 is 33.3 Å². The number of pyridine rings is 1. The Morgan fingerprint density at radius 2 is 1.84 bits per heavy atom. The predicted octanol–water partition coefficient (Wildman–Crippen LogP) is 2.20. The normalized spacial score (nSPS) is 25.5. The lowest BCUT2D eigenvalue weighted by Gasteiger charge is -2.43. The number of nitrogens with one attached hydrogen (secondary N) is 1. The molecule has 4 atom stereocenters. The first kappa shape index (κ1) is 23.6. The molecule has 0 aliphatic carbocycles. The van der Waals surface area contributed by atoms with E-state index in [1.54, 1.807) is 18.3 Å². The molecule has 1 aromatic heterocycles. The Hall–Kier alpha value is -2.07. The molecule has 0 aromatic carbocycles. The summed E-state index contributed by atoms with van der Waals surface area (Å²) in [4.78, 5) is 28.7. The third kappa shape index (κ3) is 6.96. The van der Waals surface area contributed by atoms with Gasteiger partial charge in [0.25, 0.3) is 5.91 Å². The summed E-state index contributed by atoms with van der Waals surface area (Å²) in [5, 5.41) is 2.93. The van der Waals surface area contributed by atoms with Crippen LogP contribution in [0.25, 0.3) is 0 Å². The number of aromatic nitrogens is 1. The molecule has 3 rings (SSSR count). The highest BCUT2D eigenvalue weighted by molar-refractivity contribution is 5.88. The molecule has 1 aromatic rings. The first-order valence-corrected chi connectivity index (χ1v) is 11.0. The minimum atomic E-state index is -0.792. The summed E-state index contributed by atoms with van der Waals surface area (Å²) in [6, 6.07) is 3.28. The first-order chi connectivity index (χ1) is 15.2. The van der Waals surface area contributed by atoms with Crippen molar-refractivity contribution in [1.82, 2.24) is 10.3 Å². The van der Waals surface area contributed by atoms with E-state index in [0.717, 1.165) is 12.8 Å². The summed E-state index contributed by atoms with van der Waals surface area (Å²) in [6.07, 6.45) is 7.37. The number of rotatable bonds is 11. The van der Waals surface area contributed by atoms with E-state index in [9.17, 15) is 9.59 Å². The molecular formula is C22H32N2O7. The van der Waals surface area contributed by atoms with E-state index in [0.29, 0.717) is 12.1 Å². The first-order valence-electron chi connectivity index (χ1n) is 11.0. The van der Waals surface area contributed by atoms with Crippen LogP contribution < -0.4 is 5.32 Å². The van der Waals surface area contributed by atoms with Gasteiger partial charge in [0.1, 0.15) is 38.5 Å². The van der Waals surface area contributed by atoms with Gasteiger partial charge >= 0.3 is 5.97 Å². The average Bonchev–Trinajstić information content (AvgIpc) is 2.82. The smallest absolute Gasteiger partial charge is 0.339 e. The number of fused-ring (bicyclic) bond motifs is 1. The van der Waals surface area contributed by atoms with Crippen LogP contribution in [-0.4, -0.2) is 68.0 Å². The van der Waals surface area contributed by atoms with Gasteiger partial charge in [-0.3, -0.25) is 9.78 Å². The van der Waals surface area contributed by atoms with Crippen molar-refractivity contribution >= 4 is 11.9 Å². The molecule has 1 amide bonds. The van der Waals surface area contributed by atoms with E-state index in [2.05, 4.69) is 17.2 Å². The second-order valence-corrected chi connectivity index (χ2v) is 7.69. The molecule has 0 saturated carbocycles. The second-order valence-electron chi connectivity index (χ2n) is 7.69.